The summed E-state index contributed by atoms with van der Waals surface area (Å²) < 4.78 is 0. The molecule has 0 unspecified atom stereocenters. The number of nitrogens with zero attached hydrogens (tertiary/aromatic N) is 3. The highest BCUT2D eigenvalue weighted by Gasteiger charge is 2.11. The lowest BCUT2D eigenvalue weighted by Gasteiger charge is -2.11. The number of hydrogen-bond acceptors (Lipinski definition) is 4. The molecule has 4 heteroatoms. The van der Waals surface area contributed by atoms with Crippen LogP contribution in [-0.2, 0) is 0 Å². The summed E-state index contributed by atoms with van der Waals surface area (Å²) in [4.78, 5) is 13.7. The smallest absolute Gasteiger partial charge is 0.163 e. The molecule has 28 heavy (non-hydrogen) atoms. The average Bonchev–Trinajstić information content (AvgIpc) is 2.78. The van der Waals surface area contributed by atoms with Crippen LogP contribution in [0.25, 0.3) is 44.2 Å². The fourth-order valence-corrected chi connectivity index (χ4v) is 3.59. The van der Waals surface area contributed by atoms with Crippen molar-refractivity contribution in [1.82, 2.24) is 15.0 Å². The van der Waals surface area contributed by atoms with Gasteiger partial charge in [-0.2, -0.15) is 0 Å². The van der Waals surface area contributed by atoms with E-state index in [0.717, 1.165) is 27.8 Å². The van der Waals surface area contributed by atoms with E-state index >= 15 is 0 Å². The fourth-order valence-electron chi connectivity index (χ4n) is 3.59. The first-order valence-corrected chi connectivity index (χ1v) is 9.21. The van der Waals surface area contributed by atoms with Crippen molar-refractivity contribution in [2.75, 3.05) is 12.4 Å². The van der Waals surface area contributed by atoms with Gasteiger partial charge in [-0.3, -0.25) is 4.98 Å². The minimum Gasteiger partial charge on any atom is -0.373 e. The van der Waals surface area contributed by atoms with Crippen LogP contribution in [0.3, 0.4) is 0 Å². The molecule has 0 saturated heterocycles. The molecule has 0 aliphatic heterocycles. The van der Waals surface area contributed by atoms with Crippen LogP contribution in [0.4, 0.5) is 5.82 Å². The lowest BCUT2D eigenvalue weighted by molar-refractivity contribution is 1.20. The van der Waals surface area contributed by atoms with Gasteiger partial charge in [-0.25, -0.2) is 9.97 Å². The number of rotatable bonds is 3. The summed E-state index contributed by atoms with van der Waals surface area (Å²) in [6.07, 6.45) is 3.53. The molecule has 0 saturated carbocycles. The molecule has 0 aliphatic rings. The van der Waals surface area contributed by atoms with E-state index in [1.54, 1.807) is 12.4 Å². The van der Waals surface area contributed by atoms with Crippen LogP contribution in [-0.4, -0.2) is 22.0 Å². The predicted molar refractivity (Wildman–Crippen MR) is 115 cm³/mol. The third kappa shape index (κ3) is 2.76. The van der Waals surface area contributed by atoms with Gasteiger partial charge in [-0.1, -0.05) is 48.5 Å². The van der Waals surface area contributed by atoms with Gasteiger partial charge in [0.15, 0.2) is 5.82 Å². The van der Waals surface area contributed by atoms with Gasteiger partial charge in [0.2, 0.25) is 0 Å². The molecule has 134 valence electrons. The molecular weight excluding hydrogens is 344 g/mol. The zero-order chi connectivity index (χ0) is 18.9. The van der Waals surface area contributed by atoms with Crippen LogP contribution in [0.5, 0.6) is 0 Å². The quantitative estimate of drug-likeness (QED) is 0.457. The molecule has 4 nitrogen and oxygen atoms in total. The van der Waals surface area contributed by atoms with Gasteiger partial charge >= 0.3 is 0 Å². The molecule has 0 bridgehead atoms. The molecule has 5 rings (SSSR count). The zero-order valence-corrected chi connectivity index (χ0v) is 15.4. The molecule has 3 aromatic carbocycles. The van der Waals surface area contributed by atoms with E-state index in [1.807, 2.05) is 19.2 Å². The SMILES string of the molecule is CNc1nc(-c2cccnc2)nc2ccc(-c3cccc4ccccc34)cc12. The van der Waals surface area contributed by atoms with Gasteiger partial charge < -0.3 is 5.32 Å². The minimum absolute atomic E-state index is 0.669. The first-order valence-electron chi connectivity index (χ1n) is 9.21. The van der Waals surface area contributed by atoms with Crippen molar-refractivity contribution in [3.8, 4) is 22.5 Å². The molecule has 2 aromatic heterocycles. The summed E-state index contributed by atoms with van der Waals surface area (Å²) in [5, 5.41) is 6.70. The number of anilines is 1. The number of aromatic nitrogens is 3. The number of hydrogen-bond donors (Lipinski definition) is 1. The number of nitrogens with one attached hydrogen (secondary N) is 1. The van der Waals surface area contributed by atoms with E-state index in [4.69, 9.17) is 9.97 Å². The second-order valence-corrected chi connectivity index (χ2v) is 6.65. The molecule has 0 fully saturated rings. The van der Waals surface area contributed by atoms with Crippen molar-refractivity contribution in [3.63, 3.8) is 0 Å². The Hall–Kier alpha value is -3.79. The van der Waals surface area contributed by atoms with E-state index in [2.05, 4.69) is 71.0 Å². The highest BCUT2D eigenvalue weighted by molar-refractivity contribution is 6.00. The molecular formula is C24H18N4. The first kappa shape index (κ1) is 16.4. The fraction of sp³-hybridized carbons (Fsp3) is 0.0417. The van der Waals surface area contributed by atoms with Gasteiger partial charge in [0.1, 0.15) is 5.82 Å². The Morgan fingerprint density at radius 3 is 2.50 bits per heavy atom. The maximum atomic E-state index is 4.76. The summed E-state index contributed by atoms with van der Waals surface area (Å²) in [5.74, 6) is 1.48. The van der Waals surface area contributed by atoms with Gasteiger partial charge in [0.05, 0.1) is 5.52 Å². The second-order valence-electron chi connectivity index (χ2n) is 6.65. The first-order chi connectivity index (χ1) is 13.8. The number of benzene rings is 3. The van der Waals surface area contributed by atoms with Crippen LogP contribution in [0.1, 0.15) is 0 Å². The molecule has 0 aliphatic carbocycles. The molecule has 1 N–H and O–H groups in total. The average molecular weight is 362 g/mol. The third-order valence-electron chi connectivity index (χ3n) is 4.95. The Balaban J connectivity index is 1.71. The van der Waals surface area contributed by atoms with Gasteiger partial charge in [0.25, 0.3) is 0 Å². The normalized spacial score (nSPS) is 11.0. The Morgan fingerprint density at radius 1 is 0.750 bits per heavy atom. The van der Waals surface area contributed by atoms with Crippen molar-refractivity contribution in [1.29, 1.82) is 0 Å². The highest BCUT2D eigenvalue weighted by atomic mass is 15.0. The van der Waals surface area contributed by atoms with Crippen molar-refractivity contribution >= 4 is 27.5 Å². The Kier molecular flexibility index (Phi) is 3.95. The van der Waals surface area contributed by atoms with Crippen LogP contribution >= 0.6 is 0 Å². The van der Waals surface area contributed by atoms with Gasteiger partial charge in [-0.15, -0.1) is 0 Å². The molecule has 2 heterocycles. The Morgan fingerprint density at radius 2 is 1.64 bits per heavy atom. The van der Waals surface area contributed by atoms with Crippen molar-refractivity contribution in [2.45, 2.75) is 0 Å². The minimum atomic E-state index is 0.669. The lowest BCUT2D eigenvalue weighted by Crippen LogP contribution is -1.99. The Bertz CT molecular complexity index is 1290. The molecule has 0 atom stereocenters. The second kappa shape index (κ2) is 6.74. The summed E-state index contributed by atoms with van der Waals surface area (Å²) in [5.41, 5.74) is 4.16. The van der Waals surface area contributed by atoms with E-state index in [1.165, 1.54) is 16.3 Å². The van der Waals surface area contributed by atoms with Crippen molar-refractivity contribution in [2.24, 2.45) is 0 Å². The van der Waals surface area contributed by atoms with Gasteiger partial charge in [-0.05, 0) is 46.2 Å². The van der Waals surface area contributed by atoms with Crippen LogP contribution in [0, 0.1) is 0 Å². The maximum Gasteiger partial charge on any atom is 0.163 e. The van der Waals surface area contributed by atoms with Crippen molar-refractivity contribution in [3.05, 3.63) is 85.2 Å². The van der Waals surface area contributed by atoms with Crippen LogP contribution < -0.4 is 5.32 Å². The summed E-state index contributed by atoms with van der Waals surface area (Å²) >= 11 is 0. The van der Waals surface area contributed by atoms with E-state index in [9.17, 15) is 0 Å². The number of fused-ring (bicyclic) bond motifs is 2. The van der Waals surface area contributed by atoms with Crippen LogP contribution in [0.2, 0.25) is 0 Å². The lowest BCUT2D eigenvalue weighted by atomic mass is 9.97. The largest absolute Gasteiger partial charge is 0.373 e. The topological polar surface area (TPSA) is 50.7 Å². The summed E-state index contributed by atoms with van der Waals surface area (Å²) in [6, 6.07) is 25.1. The standard InChI is InChI=1S/C24H18N4/c1-25-24-21-14-17(20-10-4-7-16-6-2-3-9-19(16)20)11-12-22(21)27-23(28-24)18-8-5-13-26-15-18/h2-15H,1H3,(H,25,27,28). The monoisotopic (exact) mass is 362 g/mol. The van der Waals surface area contributed by atoms with E-state index in [-0.39, 0.29) is 0 Å². The maximum absolute atomic E-state index is 4.76. The summed E-state index contributed by atoms with van der Waals surface area (Å²) in [6.45, 7) is 0. The molecule has 0 radical (unpaired) electrons. The number of pyridine rings is 1. The van der Waals surface area contributed by atoms with Gasteiger partial charge in [0, 0.05) is 30.4 Å². The van der Waals surface area contributed by atoms with E-state index in [0.29, 0.717) is 5.82 Å². The molecule has 5 aromatic rings. The van der Waals surface area contributed by atoms with Crippen molar-refractivity contribution < 1.29 is 0 Å². The molecule has 0 spiro atoms. The predicted octanol–water partition coefficient (Wildman–Crippen LogP) is 5.55. The third-order valence-corrected chi connectivity index (χ3v) is 4.95. The Labute approximate surface area is 162 Å². The van der Waals surface area contributed by atoms with Crippen LogP contribution in [0.15, 0.2) is 85.2 Å². The summed E-state index contributed by atoms with van der Waals surface area (Å²) in [7, 11) is 1.89. The molecule has 0 amide bonds. The highest BCUT2D eigenvalue weighted by Crippen LogP contribution is 2.33. The van der Waals surface area contributed by atoms with E-state index < -0.39 is 0 Å². The zero-order valence-electron chi connectivity index (χ0n) is 15.4.